The van der Waals surface area contributed by atoms with Crippen molar-refractivity contribution in [3.8, 4) is 67.3 Å². The van der Waals surface area contributed by atoms with Crippen molar-refractivity contribution in [2.24, 2.45) is 0 Å². The summed E-state index contributed by atoms with van der Waals surface area (Å²) in [6, 6.07) is 83.5. The average molecular weight is 807 g/mol. The Morgan fingerprint density at radius 2 is 0.871 bits per heavy atom. The molecule has 62 heavy (non-hydrogen) atoms. The van der Waals surface area contributed by atoms with Gasteiger partial charge in [0, 0.05) is 36.9 Å². The van der Waals surface area contributed by atoms with Crippen molar-refractivity contribution in [1.29, 1.82) is 0 Å². The Kier molecular flexibility index (Phi) is 8.62. The summed E-state index contributed by atoms with van der Waals surface area (Å²) in [6.45, 7) is 0. The molecule has 0 spiro atoms. The topological polar surface area (TPSA) is 25.8 Å². The molecule has 1 aliphatic rings. The molecule has 290 valence electrons. The van der Waals surface area contributed by atoms with Crippen LogP contribution in [-0.2, 0) is 5.41 Å². The van der Waals surface area contributed by atoms with E-state index in [-0.39, 0.29) is 0 Å². The van der Waals surface area contributed by atoms with Gasteiger partial charge in [0.2, 0.25) is 0 Å². The summed E-state index contributed by atoms with van der Waals surface area (Å²) >= 11 is 1.86. The molecule has 0 saturated carbocycles. The van der Waals surface area contributed by atoms with Crippen LogP contribution in [0, 0.1) is 0 Å². The van der Waals surface area contributed by atoms with E-state index in [1.54, 1.807) is 0 Å². The van der Waals surface area contributed by atoms with Crippen LogP contribution in [0.15, 0.2) is 231 Å². The number of thiophene rings is 1. The van der Waals surface area contributed by atoms with Gasteiger partial charge in [-0.3, -0.25) is 0 Å². The molecule has 2 aromatic heterocycles. The van der Waals surface area contributed by atoms with E-state index in [2.05, 4.69) is 224 Å². The van der Waals surface area contributed by atoms with Gasteiger partial charge < -0.3 is 0 Å². The Morgan fingerprint density at radius 1 is 0.323 bits per heavy atom. The van der Waals surface area contributed by atoms with Gasteiger partial charge in [0.05, 0.1) is 16.8 Å². The standard InChI is InChI=1S/C59H38N2S/c1-5-18-39(19-6-1)42-34-43(47-28-17-29-51-50-27-14-16-31-56(50)62-57(47)51)36-44(35-42)55-38-54(60-58(61-55)40-20-7-2-8-21-40)41-32-33-49-48-26-13-15-30-52(48)59(53(49)37-41,45-22-9-3-10-23-45)46-24-11-4-12-25-46/h1-38H. The Labute approximate surface area is 365 Å². The number of rotatable bonds is 7. The molecule has 2 nitrogen and oxygen atoms in total. The molecule has 12 rings (SSSR count). The van der Waals surface area contributed by atoms with Crippen LogP contribution < -0.4 is 0 Å². The Balaban J connectivity index is 1.10. The van der Waals surface area contributed by atoms with Gasteiger partial charge in [-0.2, -0.15) is 0 Å². The average Bonchev–Trinajstić information content (AvgIpc) is 3.89. The summed E-state index contributed by atoms with van der Waals surface area (Å²) in [6.07, 6.45) is 0. The van der Waals surface area contributed by atoms with Crippen molar-refractivity contribution < 1.29 is 0 Å². The smallest absolute Gasteiger partial charge is 0.160 e. The van der Waals surface area contributed by atoms with Crippen LogP contribution in [0.5, 0.6) is 0 Å². The highest BCUT2D eigenvalue weighted by Gasteiger charge is 2.46. The largest absolute Gasteiger partial charge is 0.228 e. The van der Waals surface area contributed by atoms with Crippen molar-refractivity contribution in [2.75, 3.05) is 0 Å². The lowest BCUT2D eigenvalue weighted by atomic mass is 9.67. The first kappa shape index (κ1) is 36.2. The molecule has 0 bridgehead atoms. The van der Waals surface area contributed by atoms with Crippen molar-refractivity contribution in [1.82, 2.24) is 9.97 Å². The SMILES string of the molecule is c1ccc(-c2cc(-c3cc(-c4ccc5c(c4)C(c4ccccc4)(c4ccccc4)c4ccccc4-5)nc(-c4ccccc4)n3)cc(-c3cccc4c3sc3ccccc34)c2)cc1. The van der Waals surface area contributed by atoms with Crippen LogP contribution in [0.2, 0.25) is 0 Å². The fourth-order valence-electron chi connectivity index (χ4n) is 9.77. The molecule has 3 heteroatoms. The Morgan fingerprint density at radius 3 is 1.61 bits per heavy atom. The summed E-state index contributed by atoms with van der Waals surface area (Å²) < 4.78 is 2.58. The molecule has 9 aromatic carbocycles. The van der Waals surface area contributed by atoms with E-state index in [0.717, 1.165) is 44.8 Å². The Bertz CT molecular complexity index is 3410. The zero-order valence-corrected chi connectivity index (χ0v) is 34.6. The van der Waals surface area contributed by atoms with Crippen molar-refractivity contribution in [3.63, 3.8) is 0 Å². The van der Waals surface area contributed by atoms with Gasteiger partial charge in [-0.05, 0) is 92.0 Å². The third kappa shape index (κ3) is 5.85. The van der Waals surface area contributed by atoms with Crippen LogP contribution in [0.4, 0.5) is 0 Å². The minimum atomic E-state index is -0.519. The summed E-state index contributed by atoms with van der Waals surface area (Å²) in [5.41, 5.74) is 16.5. The first-order chi connectivity index (χ1) is 30.7. The van der Waals surface area contributed by atoms with E-state index in [1.807, 2.05) is 17.4 Å². The van der Waals surface area contributed by atoms with Crippen LogP contribution >= 0.6 is 11.3 Å². The molecule has 2 heterocycles. The molecule has 11 aromatic rings. The van der Waals surface area contributed by atoms with Gasteiger partial charge in [0.15, 0.2) is 5.82 Å². The molecule has 0 aliphatic heterocycles. The summed E-state index contributed by atoms with van der Waals surface area (Å²) in [5.74, 6) is 0.692. The molecule has 0 fully saturated rings. The zero-order chi connectivity index (χ0) is 41.0. The second-order valence-corrected chi connectivity index (χ2v) is 17.1. The molecule has 0 amide bonds. The highest BCUT2D eigenvalue weighted by molar-refractivity contribution is 7.26. The quantitative estimate of drug-likeness (QED) is 0.160. The molecular formula is C59H38N2S. The molecule has 0 atom stereocenters. The lowest BCUT2D eigenvalue weighted by Crippen LogP contribution is -2.28. The van der Waals surface area contributed by atoms with Crippen LogP contribution in [0.3, 0.4) is 0 Å². The predicted molar refractivity (Wildman–Crippen MR) is 259 cm³/mol. The van der Waals surface area contributed by atoms with Gasteiger partial charge in [-0.1, -0.05) is 194 Å². The van der Waals surface area contributed by atoms with Crippen molar-refractivity contribution >= 4 is 31.5 Å². The fourth-order valence-corrected chi connectivity index (χ4v) is 11.0. The fraction of sp³-hybridized carbons (Fsp3) is 0.0169. The first-order valence-corrected chi connectivity index (χ1v) is 22.0. The summed E-state index contributed by atoms with van der Waals surface area (Å²) in [7, 11) is 0. The summed E-state index contributed by atoms with van der Waals surface area (Å²) in [4.78, 5) is 10.8. The first-order valence-electron chi connectivity index (χ1n) is 21.1. The monoisotopic (exact) mass is 806 g/mol. The van der Waals surface area contributed by atoms with E-state index < -0.39 is 5.41 Å². The van der Waals surface area contributed by atoms with Gasteiger partial charge in [0.1, 0.15) is 0 Å². The predicted octanol–water partition coefficient (Wildman–Crippen LogP) is 15.5. The number of hydrogen-bond acceptors (Lipinski definition) is 3. The van der Waals surface area contributed by atoms with Gasteiger partial charge in [0.25, 0.3) is 0 Å². The van der Waals surface area contributed by atoms with Gasteiger partial charge in [-0.25, -0.2) is 9.97 Å². The lowest BCUT2D eigenvalue weighted by molar-refractivity contribution is 0.768. The number of nitrogens with zero attached hydrogens (tertiary/aromatic N) is 2. The normalized spacial score (nSPS) is 12.6. The lowest BCUT2D eigenvalue weighted by Gasteiger charge is -2.34. The zero-order valence-electron chi connectivity index (χ0n) is 33.7. The number of hydrogen-bond donors (Lipinski definition) is 0. The molecule has 0 saturated heterocycles. The van der Waals surface area contributed by atoms with E-state index in [4.69, 9.17) is 9.97 Å². The minimum absolute atomic E-state index is 0.519. The Hall–Kier alpha value is -7.72. The maximum atomic E-state index is 5.39. The van der Waals surface area contributed by atoms with Crippen LogP contribution in [0.1, 0.15) is 22.3 Å². The van der Waals surface area contributed by atoms with Crippen LogP contribution in [0.25, 0.3) is 87.5 Å². The van der Waals surface area contributed by atoms with E-state index >= 15 is 0 Å². The van der Waals surface area contributed by atoms with E-state index in [0.29, 0.717) is 5.82 Å². The third-order valence-corrected chi connectivity index (χ3v) is 13.8. The number of aromatic nitrogens is 2. The number of fused-ring (bicyclic) bond motifs is 6. The van der Waals surface area contributed by atoms with E-state index in [9.17, 15) is 0 Å². The second kappa shape index (κ2) is 14.8. The molecule has 0 radical (unpaired) electrons. The minimum Gasteiger partial charge on any atom is -0.228 e. The van der Waals surface area contributed by atoms with Gasteiger partial charge in [-0.15, -0.1) is 11.3 Å². The molecule has 0 N–H and O–H groups in total. The van der Waals surface area contributed by atoms with Gasteiger partial charge >= 0.3 is 0 Å². The second-order valence-electron chi connectivity index (χ2n) is 16.1. The van der Waals surface area contributed by atoms with E-state index in [1.165, 1.54) is 59.1 Å². The highest BCUT2D eigenvalue weighted by atomic mass is 32.1. The third-order valence-electron chi connectivity index (χ3n) is 12.6. The molecular weight excluding hydrogens is 769 g/mol. The maximum absolute atomic E-state index is 5.39. The number of benzene rings is 9. The highest BCUT2D eigenvalue weighted by Crippen LogP contribution is 2.56. The molecule has 0 unspecified atom stereocenters. The maximum Gasteiger partial charge on any atom is 0.160 e. The van der Waals surface area contributed by atoms with Crippen LogP contribution in [-0.4, -0.2) is 9.97 Å². The van der Waals surface area contributed by atoms with Crippen molar-refractivity contribution in [3.05, 3.63) is 253 Å². The summed E-state index contributed by atoms with van der Waals surface area (Å²) in [5, 5.41) is 2.58. The van der Waals surface area contributed by atoms with Crippen molar-refractivity contribution in [2.45, 2.75) is 5.41 Å². The molecule has 1 aliphatic carbocycles.